The van der Waals surface area contributed by atoms with Gasteiger partial charge in [-0.3, -0.25) is 14.7 Å². The molecule has 0 spiro atoms. The summed E-state index contributed by atoms with van der Waals surface area (Å²) in [6, 6.07) is 6.84. The van der Waals surface area contributed by atoms with Gasteiger partial charge < -0.3 is 9.64 Å². The molecule has 1 aromatic heterocycles. The van der Waals surface area contributed by atoms with Crippen molar-refractivity contribution in [2.45, 2.75) is 57.8 Å². The highest BCUT2D eigenvalue weighted by atomic mass is 35.5. The van der Waals surface area contributed by atoms with E-state index in [1.54, 1.807) is 56.1 Å². The molecule has 1 aromatic carbocycles. The Kier molecular flexibility index (Phi) is 5.24. The summed E-state index contributed by atoms with van der Waals surface area (Å²) < 4.78 is 21.3. The number of amides is 2. The van der Waals surface area contributed by atoms with Crippen molar-refractivity contribution in [2.75, 3.05) is 18.0 Å². The Morgan fingerprint density at radius 2 is 1.94 bits per heavy atom. The first-order valence-electron chi connectivity index (χ1n) is 10.6. The molecule has 1 unspecified atom stereocenters. The smallest absolute Gasteiger partial charge is 0.410 e. The maximum absolute atomic E-state index is 16.0. The zero-order valence-corrected chi connectivity index (χ0v) is 19.7. The zero-order valence-electron chi connectivity index (χ0n) is 18.9. The van der Waals surface area contributed by atoms with Crippen molar-refractivity contribution < 1.29 is 18.7 Å². The Morgan fingerprint density at radius 3 is 2.62 bits per heavy atom. The van der Waals surface area contributed by atoms with Gasteiger partial charge in [0.15, 0.2) is 5.67 Å². The van der Waals surface area contributed by atoms with E-state index in [0.29, 0.717) is 21.8 Å². The Labute approximate surface area is 192 Å². The molecule has 2 aliphatic heterocycles. The fraction of sp³-hybridized carbons (Fsp3) is 0.458. The minimum Gasteiger partial charge on any atom is -0.444 e. The van der Waals surface area contributed by atoms with Gasteiger partial charge in [0, 0.05) is 35.3 Å². The maximum atomic E-state index is 16.0. The third-order valence-electron chi connectivity index (χ3n) is 6.00. The van der Waals surface area contributed by atoms with Crippen molar-refractivity contribution >= 4 is 29.3 Å². The van der Waals surface area contributed by atoms with Gasteiger partial charge in [-0.05, 0) is 64.4 Å². The summed E-state index contributed by atoms with van der Waals surface area (Å²) in [7, 11) is 0. The van der Waals surface area contributed by atoms with E-state index >= 15 is 4.39 Å². The van der Waals surface area contributed by atoms with Crippen LogP contribution in [0.3, 0.4) is 0 Å². The lowest BCUT2D eigenvalue weighted by molar-refractivity contribution is 0.0257. The van der Waals surface area contributed by atoms with Crippen molar-refractivity contribution in [3.8, 4) is 0 Å². The second kappa shape index (κ2) is 7.44. The van der Waals surface area contributed by atoms with E-state index in [-0.39, 0.29) is 25.4 Å². The van der Waals surface area contributed by atoms with Crippen molar-refractivity contribution in [1.82, 2.24) is 9.88 Å². The first-order chi connectivity index (χ1) is 14.8. The molecule has 2 amide bonds. The second-order valence-electron chi connectivity index (χ2n) is 9.94. The summed E-state index contributed by atoms with van der Waals surface area (Å²) in [6.07, 6.45) is 2.61. The van der Waals surface area contributed by atoms with Crippen LogP contribution in [0.1, 0.15) is 62.5 Å². The SMILES string of the molecule is CC(C)(C)OC(=O)N1CCC(F)(c2cncc(N3C(=O)c4ccc(Cl)cc4C3(C)C)c2)C1. The van der Waals surface area contributed by atoms with Crippen LogP contribution in [-0.2, 0) is 15.9 Å². The molecule has 0 radical (unpaired) electrons. The van der Waals surface area contributed by atoms with Crippen LogP contribution in [0.15, 0.2) is 36.7 Å². The fourth-order valence-electron chi connectivity index (χ4n) is 4.43. The van der Waals surface area contributed by atoms with Crippen LogP contribution < -0.4 is 4.90 Å². The lowest BCUT2D eigenvalue weighted by atomic mass is 9.93. The van der Waals surface area contributed by atoms with Gasteiger partial charge in [0.25, 0.3) is 5.91 Å². The van der Waals surface area contributed by atoms with E-state index in [1.165, 1.54) is 11.1 Å². The average molecular weight is 460 g/mol. The van der Waals surface area contributed by atoms with Gasteiger partial charge in [-0.1, -0.05) is 11.6 Å². The first kappa shape index (κ1) is 22.5. The van der Waals surface area contributed by atoms with Crippen LogP contribution in [-0.4, -0.2) is 40.6 Å². The number of halogens is 2. The highest BCUT2D eigenvalue weighted by Gasteiger charge is 2.46. The number of rotatable bonds is 2. The van der Waals surface area contributed by atoms with Crippen molar-refractivity contribution in [2.24, 2.45) is 0 Å². The van der Waals surface area contributed by atoms with Crippen LogP contribution in [0.25, 0.3) is 0 Å². The molecule has 1 saturated heterocycles. The average Bonchev–Trinajstić information content (AvgIpc) is 3.18. The van der Waals surface area contributed by atoms with Gasteiger partial charge in [0.1, 0.15) is 5.60 Å². The predicted molar refractivity (Wildman–Crippen MR) is 121 cm³/mol. The normalized spacial score (nSPS) is 22.3. The molecular weight excluding hydrogens is 433 g/mol. The molecule has 0 N–H and O–H groups in total. The number of carbonyl (C=O) groups is 2. The molecule has 4 rings (SSSR count). The van der Waals surface area contributed by atoms with E-state index in [0.717, 1.165) is 5.56 Å². The van der Waals surface area contributed by atoms with Gasteiger partial charge in [-0.2, -0.15) is 0 Å². The molecule has 6 nitrogen and oxygen atoms in total. The minimum atomic E-state index is -1.77. The quantitative estimate of drug-likeness (QED) is 0.600. The van der Waals surface area contributed by atoms with Crippen LogP contribution in [0.5, 0.6) is 0 Å². The van der Waals surface area contributed by atoms with Gasteiger partial charge in [-0.25, -0.2) is 9.18 Å². The number of ether oxygens (including phenoxy) is 1. The molecule has 0 saturated carbocycles. The number of benzene rings is 1. The largest absolute Gasteiger partial charge is 0.444 e. The van der Waals surface area contributed by atoms with Gasteiger partial charge >= 0.3 is 6.09 Å². The molecule has 2 aliphatic rings. The molecular formula is C24H27ClFN3O3. The fourth-order valence-corrected chi connectivity index (χ4v) is 4.60. The van der Waals surface area contributed by atoms with Gasteiger partial charge in [-0.15, -0.1) is 0 Å². The standard InChI is InChI=1S/C24H27ClFN3O3/c1-22(2,3)32-21(31)28-9-8-24(26,14-28)15-10-17(13-27-12-15)29-20(30)18-7-6-16(25)11-19(18)23(29,4)5/h6-7,10-13H,8-9,14H2,1-5H3. The zero-order chi connectivity index (χ0) is 23.5. The highest BCUT2D eigenvalue weighted by Crippen LogP contribution is 2.44. The van der Waals surface area contributed by atoms with Crippen molar-refractivity contribution in [1.29, 1.82) is 0 Å². The number of carbonyl (C=O) groups excluding carboxylic acids is 2. The molecule has 3 heterocycles. The number of hydrogen-bond acceptors (Lipinski definition) is 4. The third kappa shape index (κ3) is 3.83. The van der Waals surface area contributed by atoms with E-state index in [1.807, 2.05) is 13.8 Å². The van der Waals surface area contributed by atoms with Gasteiger partial charge in [0.2, 0.25) is 0 Å². The van der Waals surface area contributed by atoms with Crippen molar-refractivity contribution in [3.05, 3.63) is 58.4 Å². The first-order valence-corrected chi connectivity index (χ1v) is 11.0. The number of nitrogens with zero attached hydrogens (tertiary/aromatic N) is 3. The number of anilines is 1. The molecule has 8 heteroatoms. The molecule has 170 valence electrons. The Morgan fingerprint density at radius 1 is 1.22 bits per heavy atom. The second-order valence-corrected chi connectivity index (χ2v) is 10.4. The summed E-state index contributed by atoms with van der Waals surface area (Å²) in [6.45, 7) is 9.29. The molecule has 2 aromatic rings. The van der Waals surface area contributed by atoms with Crippen LogP contribution in [0.2, 0.25) is 5.02 Å². The summed E-state index contributed by atoms with van der Waals surface area (Å²) >= 11 is 6.17. The lowest BCUT2D eigenvalue weighted by Gasteiger charge is -2.33. The number of alkyl halides is 1. The highest BCUT2D eigenvalue weighted by molar-refractivity contribution is 6.31. The number of aromatic nitrogens is 1. The monoisotopic (exact) mass is 459 g/mol. The molecule has 1 atom stereocenters. The van der Waals surface area contributed by atoms with Gasteiger partial charge in [0.05, 0.1) is 24.0 Å². The topological polar surface area (TPSA) is 62.7 Å². The lowest BCUT2D eigenvalue weighted by Crippen LogP contribution is -2.39. The molecule has 1 fully saturated rings. The van der Waals surface area contributed by atoms with Crippen LogP contribution >= 0.6 is 11.6 Å². The number of fused-ring (bicyclic) bond motifs is 1. The van der Waals surface area contributed by atoms with Crippen LogP contribution in [0.4, 0.5) is 14.9 Å². The predicted octanol–water partition coefficient (Wildman–Crippen LogP) is 5.44. The van der Waals surface area contributed by atoms with E-state index < -0.39 is 22.9 Å². The van der Waals surface area contributed by atoms with E-state index in [4.69, 9.17) is 16.3 Å². The Bertz CT molecular complexity index is 1100. The molecule has 0 aliphatic carbocycles. The number of likely N-dealkylation sites (tertiary alicyclic amines) is 1. The number of hydrogen-bond donors (Lipinski definition) is 0. The summed E-state index contributed by atoms with van der Waals surface area (Å²) in [4.78, 5) is 32.8. The molecule has 32 heavy (non-hydrogen) atoms. The summed E-state index contributed by atoms with van der Waals surface area (Å²) in [5.74, 6) is -0.185. The third-order valence-corrected chi connectivity index (χ3v) is 6.24. The van der Waals surface area contributed by atoms with Crippen molar-refractivity contribution in [3.63, 3.8) is 0 Å². The summed E-state index contributed by atoms with van der Waals surface area (Å²) in [5.41, 5.74) is -0.901. The maximum Gasteiger partial charge on any atom is 0.410 e. The van der Waals surface area contributed by atoms with Crippen LogP contribution in [0, 0.1) is 0 Å². The minimum absolute atomic E-state index is 0.125. The Hall–Kier alpha value is -2.67. The number of pyridine rings is 1. The van der Waals surface area contributed by atoms with E-state index in [2.05, 4.69) is 4.98 Å². The van der Waals surface area contributed by atoms with E-state index in [9.17, 15) is 9.59 Å². The summed E-state index contributed by atoms with van der Waals surface area (Å²) in [5, 5.41) is 0.550. The Balaban J connectivity index is 1.62. The molecule has 0 bridgehead atoms.